The van der Waals surface area contributed by atoms with Crippen LogP contribution in [-0.2, 0) is 0 Å². The molecule has 0 spiro atoms. The summed E-state index contributed by atoms with van der Waals surface area (Å²) in [6, 6.07) is 7.40. The van der Waals surface area contributed by atoms with Gasteiger partial charge in [-0.25, -0.2) is 0 Å². The average molecular weight is 327 g/mol. The van der Waals surface area contributed by atoms with Crippen molar-refractivity contribution in [3.05, 3.63) is 33.4 Å². The van der Waals surface area contributed by atoms with E-state index in [2.05, 4.69) is 22.6 Å². The lowest BCUT2D eigenvalue weighted by Crippen LogP contribution is -2.10. The summed E-state index contributed by atoms with van der Waals surface area (Å²) in [5.74, 6) is -0.0226. The van der Waals surface area contributed by atoms with E-state index in [0.29, 0.717) is 5.56 Å². The van der Waals surface area contributed by atoms with Crippen LogP contribution in [0.3, 0.4) is 0 Å². The number of Topliss-reactive ketones (excluding diaryl/α,β-unsaturated/α-hetero) is 1. The molecule has 0 amide bonds. The van der Waals surface area contributed by atoms with Crippen LogP contribution in [0.2, 0.25) is 0 Å². The highest BCUT2D eigenvalue weighted by Gasteiger charge is 2.15. The normalized spacial score (nSPS) is 12.5. The minimum atomic E-state index is -0.472. The Kier molecular flexibility index (Phi) is 4.55. The molecule has 0 aliphatic rings. The Morgan fingerprint density at radius 3 is 2.46 bits per heavy atom. The van der Waals surface area contributed by atoms with Gasteiger partial charge in [0, 0.05) is 9.13 Å². The van der Waals surface area contributed by atoms with E-state index in [1.165, 1.54) is 11.8 Å². The molecule has 1 atom stereocenters. The van der Waals surface area contributed by atoms with Gasteiger partial charge < -0.3 is 0 Å². The first-order valence-corrected chi connectivity index (χ1v) is 6.42. The van der Waals surface area contributed by atoms with Crippen molar-refractivity contribution in [1.29, 1.82) is 0 Å². The highest BCUT2D eigenvalue weighted by atomic mass is 127. The van der Waals surface area contributed by atoms with Gasteiger partial charge in [0.25, 0.3) is 0 Å². The molecule has 0 aliphatic heterocycles. The first-order valence-electron chi connectivity index (χ1n) is 3.62. The third-order valence-electron chi connectivity index (χ3n) is 1.54. The topological polar surface area (TPSA) is 17.1 Å². The van der Waals surface area contributed by atoms with E-state index in [-0.39, 0.29) is 5.78 Å². The van der Waals surface area contributed by atoms with E-state index >= 15 is 0 Å². The maximum absolute atomic E-state index is 11.5. The number of hydrogen-bond acceptors (Lipinski definition) is 2. The second-order valence-corrected chi connectivity index (χ2v) is 5.31. The lowest BCUT2D eigenvalue weighted by Gasteiger charge is -2.04. The van der Waals surface area contributed by atoms with Gasteiger partial charge >= 0.3 is 0 Å². The Hall–Kier alpha value is 0.260. The number of halogens is 2. The number of carbonyl (C=O) groups is 1. The van der Waals surface area contributed by atoms with Crippen LogP contribution in [0.5, 0.6) is 0 Å². The van der Waals surface area contributed by atoms with Crippen molar-refractivity contribution in [1.82, 2.24) is 0 Å². The molecule has 4 heteroatoms. The molecule has 1 nitrogen and oxygen atoms in total. The van der Waals surface area contributed by atoms with Gasteiger partial charge in [-0.2, -0.15) is 0 Å². The summed E-state index contributed by atoms with van der Waals surface area (Å²) >= 11 is 9.34. The van der Waals surface area contributed by atoms with Crippen LogP contribution in [0.4, 0.5) is 0 Å². The van der Waals surface area contributed by atoms with E-state index in [9.17, 15) is 4.79 Å². The van der Waals surface area contributed by atoms with Gasteiger partial charge in [0.2, 0.25) is 0 Å². The molecule has 1 rings (SSSR count). The fourth-order valence-corrected chi connectivity index (χ4v) is 1.69. The molecule has 0 radical (unpaired) electrons. The fourth-order valence-electron chi connectivity index (χ4n) is 0.852. The van der Waals surface area contributed by atoms with Gasteiger partial charge in [0.1, 0.15) is 4.71 Å². The lowest BCUT2D eigenvalue weighted by atomic mass is 10.1. The second kappa shape index (κ2) is 5.22. The molecule has 0 saturated heterocycles. The molecular weight excluding hydrogens is 319 g/mol. The quantitative estimate of drug-likeness (QED) is 0.481. The SMILES string of the molecule is CSC(Cl)C(=O)c1ccc(I)cc1. The molecule has 0 bridgehead atoms. The minimum absolute atomic E-state index is 0.0226. The number of alkyl halides is 1. The predicted molar refractivity (Wildman–Crippen MR) is 66.6 cm³/mol. The molecule has 70 valence electrons. The number of hydrogen-bond donors (Lipinski definition) is 0. The third kappa shape index (κ3) is 3.14. The third-order valence-corrected chi connectivity index (χ3v) is 3.62. The maximum atomic E-state index is 11.5. The molecule has 0 N–H and O–H groups in total. The molecular formula is C9H8ClIOS. The summed E-state index contributed by atoms with van der Waals surface area (Å²) in [5.41, 5.74) is 0.676. The van der Waals surface area contributed by atoms with Crippen molar-refractivity contribution in [3.63, 3.8) is 0 Å². The van der Waals surface area contributed by atoms with Crippen molar-refractivity contribution < 1.29 is 4.79 Å². The standard InChI is InChI=1S/C9H8ClIOS/c1-13-9(10)8(12)6-2-4-7(11)5-3-6/h2-5,9H,1H3. The Bertz CT molecular complexity index is 299. The first kappa shape index (κ1) is 11.3. The fraction of sp³-hybridized carbons (Fsp3) is 0.222. The number of thioether (sulfide) groups is 1. The molecule has 0 aliphatic carbocycles. The van der Waals surface area contributed by atoms with Crippen molar-refractivity contribution in [2.75, 3.05) is 6.26 Å². The van der Waals surface area contributed by atoms with Crippen molar-refractivity contribution in [3.8, 4) is 0 Å². The van der Waals surface area contributed by atoms with Gasteiger partial charge in [0.05, 0.1) is 0 Å². The van der Waals surface area contributed by atoms with Crippen LogP contribution in [0, 0.1) is 3.57 Å². The Labute approximate surface area is 100 Å². The summed E-state index contributed by atoms with van der Waals surface area (Å²) in [4.78, 5) is 11.5. The van der Waals surface area contributed by atoms with Crippen LogP contribution in [0.1, 0.15) is 10.4 Å². The molecule has 0 saturated carbocycles. The molecule has 1 aromatic rings. The largest absolute Gasteiger partial charge is 0.292 e. The Morgan fingerprint density at radius 2 is 2.00 bits per heavy atom. The zero-order valence-corrected chi connectivity index (χ0v) is 10.7. The van der Waals surface area contributed by atoms with Crippen LogP contribution in [0.25, 0.3) is 0 Å². The predicted octanol–water partition coefficient (Wildman–Crippen LogP) is 3.40. The highest BCUT2D eigenvalue weighted by molar-refractivity contribution is 14.1. The van der Waals surface area contributed by atoms with Crippen LogP contribution in [-0.4, -0.2) is 16.7 Å². The molecule has 0 aromatic heterocycles. The molecule has 0 heterocycles. The van der Waals surface area contributed by atoms with E-state index in [1.807, 2.05) is 18.4 Å². The van der Waals surface area contributed by atoms with Gasteiger partial charge in [-0.1, -0.05) is 12.1 Å². The van der Waals surface area contributed by atoms with E-state index in [4.69, 9.17) is 11.6 Å². The molecule has 1 aromatic carbocycles. The van der Waals surface area contributed by atoms with Gasteiger partial charge in [0.15, 0.2) is 5.78 Å². The number of rotatable bonds is 3. The monoisotopic (exact) mass is 326 g/mol. The number of benzene rings is 1. The summed E-state index contributed by atoms with van der Waals surface area (Å²) in [6.45, 7) is 0. The number of ketones is 1. The van der Waals surface area contributed by atoms with Crippen molar-refractivity contribution in [2.24, 2.45) is 0 Å². The highest BCUT2D eigenvalue weighted by Crippen LogP contribution is 2.18. The summed E-state index contributed by atoms with van der Waals surface area (Å²) in [7, 11) is 0. The Morgan fingerprint density at radius 1 is 1.46 bits per heavy atom. The summed E-state index contributed by atoms with van der Waals surface area (Å²) < 4.78 is 0.643. The van der Waals surface area contributed by atoms with E-state index in [0.717, 1.165) is 3.57 Å². The van der Waals surface area contributed by atoms with Crippen molar-refractivity contribution in [2.45, 2.75) is 4.71 Å². The average Bonchev–Trinajstić information content (AvgIpc) is 2.17. The van der Waals surface area contributed by atoms with Crippen molar-refractivity contribution >= 4 is 51.7 Å². The summed E-state index contributed by atoms with van der Waals surface area (Å²) in [6.07, 6.45) is 1.82. The molecule has 0 fully saturated rings. The van der Waals surface area contributed by atoms with Crippen LogP contribution in [0.15, 0.2) is 24.3 Å². The van der Waals surface area contributed by atoms with E-state index < -0.39 is 4.71 Å². The zero-order valence-electron chi connectivity index (χ0n) is 6.96. The van der Waals surface area contributed by atoms with E-state index in [1.54, 1.807) is 12.1 Å². The zero-order chi connectivity index (χ0) is 9.84. The molecule has 1 unspecified atom stereocenters. The smallest absolute Gasteiger partial charge is 0.190 e. The van der Waals surface area contributed by atoms with Crippen LogP contribution >= 0.6 is 46.0 Å². The summed E-state index contributed by atoms with van der Waals surface area (Å²) in [5, 5.41) is 0. The van der Waals surface area contributed by atoms with Crippen LogP contribution < -0.4 is 0 Å². The Balaban J connectivity index is 2.83. The van der Waals surface area contributed by atoms with Gasteiger partial charge in [-0.05, 0) is 41.0 Å². The minimum Gasteiger partial charge on any atom is -0.292 e. The van der Waals surface area contributed by atoms with Gasteiger partial charge in [-0.3, -0.25) is 4.79 Å². The maximum Gasteiger partial charge on any atom is 0.190 e. The van der Waals surface area contributed by atoms with Gasteiger partial charge in [-0.15, -0.1) is 23.4 Å². The molecule has 13 heavy (non-hydrogen) atoms. The number of carbonyl (C=O) groups excluding carboxylic acids is 1. The second-order valence-electron chi connectivity index (χ2n) is 2.42. The first-order chi connectivity index (χ1) is 6.15. The lowest BCUT2D eigenvalue weighted by molar-refractivity contribution is 0.101.